The van der Waals surface area contributed by atoms with Crippen molar-refractivity contribution in [2.75, 3.05) is 26.3 Å². The molecule has 3 nitrogen and oxygen atoms in total. The molecule has 2 aromatic rings. The number of thioether (sulfide) groups is 1. The fourth-order valence-electron chi connectivity index (χ4n) is 3.80. The van der Waals surface area contributed by atoms with Crippen LogP contribution in [0.25, 0.3) is 0 Å². The minimum Gasteiger partial charge on any atom is -0.380 e. The molecule has 0 saturated carbocycles. The van der Waals surface area contributed by atoms with Crippen LogP contribution in [0.1, 0.15) is 24.5 Å². The normalized spacial score (nSPS) is 17.0. The van der Waals surface area contributed by atoms with Gasteiger partial charge in [0.1, 0.15) is 5.82 Å². The van der Waals surface area contributed by atoms with Gasteiger partial charge in [0.15, 0.2) is 0 Å². The summed E-state index contributed by atoms with van der Waals surface area (Å²) in [6.07, 6.45) is 1.66. The van der Waals surface area contributed by atoms with Crippen LogP contribution < -0.4 is 5.32 Å². The van der Waals surface area contributed by atoms with Crippen LogP contribution in [0.3, 0.4) is 0 Å². The van der Waals surface area contributed by atoms with Crippen molar-refractivity contribution in [3.05, 3.63) is 88.0 Å². The summed E-state index contributed by atoms with van der Waals surface area (Å²) in [5.74, 6) is 0.317. The number of amides is 1. The van der Waals surface area contributed by atoms with E-state index in [-0.39, 0.29) is 11.7 Å². The first-order valence-electron chi connectivity index (χ1n) is 10.9. The van der Waals surface area contributed by atoms with Gasteiger partial charge in [0.2, 0.25) is 5.91 Å². The molecule has 0 bridgehead atoms. The van der Waals surface area contributed by atoms with Gasteiger partial charge in [-0.1, -0.05) is 63.3 Å². The molecule has 0 aliphatic carbocycles. The number of nitrogens with zero attached hydrogens (tertiary/aromatic N) is 1. The Labute approximate surface area is 197 Å². The van der Waals surface area contributed by atoms with E-state index in [0.29, 0.717) is 20.9 Å². The number of hydrogen-bond donors (Lipinski definition) is 1. The van der Waals surface area contributed by atoms with Gasteiger partial charge < -0.3 is 10.2 Å². The molecule has 1 saturated heterocycles. The Morgan fingerprint density at radius 2 is 2.03 bits per heavy atom. The van der Waals surface area contributed by atoms with Crippen molar-refractivity contribution in [2.45, 2.75) is 31.6 Å². The van der Waals surface area contributed by atoms with E-state index in [4.69, 9.17) is 0 Å². The van der Waals surface area contributed by atoms with Crippen LogP contribution in [0, 0.1) is 18.7 Å². The molecule has 0 aromatic heterocycles. The monoisotopic (exact) mass is 470 g/mol. The minimum atomic E-state index is -0.238. The third-order valence-electron chi connectivity index (χ3n) is 5.85. The molecule has 6 heteroatoms. The maximum Gasteiger partial charge on any atom is 0.250 e. The second kappa shape index (κ2) is 11.7. The summed E-state index contributed by atoms with van der Waals surface area (Å²) < 4.78 is 13.5. The summed E-state index contributed by atoms with van der Waals surface area (Å²) >= 11 is 1.46. The number of carbonyl (C=O) groups is 1. The highest BCUT2D eigenvalue weighted by molar-refractivity contribution is 8.03. The number of hydrogen-bond acceptors (Lipinski definition) is 3. The summed E-state index contributed by atoms with van der Waals surface area (Å²) in [6.45, 7) is 12.6. The lowest BCUT2D eigenvalue weighted by Gasteiger charge is -2.21. The van der Waals surface area contributed by atoms with Crippen LogP contribution in [0.4, 0.5) is 4.39 Å². The molecule has 2 atom stereocenters. The first kappa shape index (κ1) is 24.5. The molecule has 170 valence electrons. The SMILES string of the molecule is C=C(NCC1CCN(C(=O)/C(Cc2ccccc2)=C(\C)PC)C1)Sc1cc(F)ccc1C. The molecular formula is C26H32FN2OPS. The van der Waals surface area contributed by atoms with E-state index in [9.17, 15) is 9.18 Å². The van der Waals surface area contributed by atoms with Crippen molar-refractivity contribution in [1.29, 1.82) is 0 Å². The lowest BCUT2D eigenvalue weighted by atomic mass is 10.0. The molecule has 0 spiro atoms. The van der Waals surface area contributed by atoms with Crippen LogP contribution in [-0.4, -0.2) is 37.1 Å². The molecule has 32 heavy (non-hydrogen) atoms. The Morgan fingerprint density at radius 3 is 2.75 bits per heavy atom. The van der Waals surface area contributed by atoms with E-state index >= 15 is 0 Å². The third kappa shape index (κ3) is 6.70. The average molecular weight is 471 g/mol. The van der Waals surface area contributed by atoms with Gasteiger partial charge in [-0.2, -0.15) is 0 Å². The van der Waals surface area contributed by atoms with Gasteiger partial charge in [0.05, 0.1) is 5.03 Å². The highest BCUT2D eigenvalue weighted by Gasteiger charge is 2.28. The standard InChI is InChI=1S/C26H32FN2OPS/c1-18-10-11-23(27)15-25(18)32-20(3)28-16-22-12-13-29(17-22)26(30)24(19(2)31-4)14-21-8-6-5-7-9-21/h5-11,15,22,28,31H,3,12-14,16-17H2,1-2,4H3/b24-19+. The van der Waals surface area contributed by atoms with E-state index in [1.807, 2.05) is 30.0 Å². The quantitative estimate of drug-likeness (QED) is 0.279. The molecule has 2 aromatic carbocycles. The number of aryl methyl sites for hydroxylation is 1. The Bertz CT molecular complexity index is 993. The molecule has 1 amide bonds. The molecule has 1 aliphatic heterocycles. The van der Waals surface area contributed by atoms with Crippen molar-refractivity contribution < 1.29 is 9.18 Å². The van der Waals surface area contributed by atoms with Crippen LogP contribution in [0.2, 0.25) is 0 Å². The molecule has 1 fully saturated rings. The van der Waals surface area contributed by atoms with Gasteiger partial charge in [0, 0.05) is 36.5 Å². The van der Waals surface area contributed by atoms with Crippen LogP contribution in [-0.2, 0) is 11.2 Å². The molecule has 2 unspecified atom stereocenters. The van der Waals surface area contributed by atoms with Gasteiger partial charge >= 0.3 is 0 Å². The van der Waals surface area contributed by atoms with Crippen molar-refractivity contribution in [3.8, 4) is 0 Å². The smallest absolute Gasteiger partial charge is 0.250 e. The highest BCUT2D eigenvalue weighted by atomic mass is 32.2. The van der Waals surface area contributed by atoms with Gasteiger partial charge in [-0.3, -0.25) is 4.79 Å². The minimum absolute atomic E-state index is 0.173. The Morgan fingerprint density at radius 1 is 1.28 bits per heavy atom. The summed E-state index contributed by atoms with van der Waals surface area (Å²) in [7, 11) is 0.626. The number of nitrogens with one attached hydrogen (secondary N) is 1. The molecule has 1 N–H and O–H groups in total. The van der Waals surface area contributed by atoms with Crippen molar-refractivity contribution in [1.82, 2.24) is 10.2 Å². The summed E-state index contributed by atoms with van der Waals surface area (Å²) in [5, 5.41) is 5.37. The lowest BCUT2D eigenvalue weighted by Crippen LogP contribution is -2.32. The van der Waals surface area contributed by atoms with Crippen LogP contribution in [0.5, 0.6) is 0 Å². The zero-order valence-electron chi connectivity index (χ0n) is 19.1. The third-order valence-corrected chi connectivity index (χ3v) is 7.96. The molecule has 1 heterocycles. The summed E-state index contributed by atoms with van der Waals surface area (Å²) in [6, 6.07) is 15.0. The summed E-state index contributed by atoms with van der Waals surface area (Å²) in [4.78, 5) is 16.2. The summed E-state index contributed by atoms with van der Waals surface area (Å²) in [5.41, 5.74) is 3.14. The molecule has 3 rings (SSSR count). The lowest BCUT2D eigenvalue weighted by molar-refractivity contribution is -0.126. The number of rotatable bonds is 9. The van der Waals surface area contributed by atoms with Gasteiger partial charge in [-0.25, -0.2) is 4.39 Å². The average Bonchev–Trinajstić information content (AvgIpc) is 3.27. The van der Waals surface area contributed by atoms with E-state index in [0.717, 1.165) is 47.1 Å². The zero-order chi connectivity index (χ0) is 23.1. The van der Waals surface area contributed by atoms with E-state index in [1.54, 1.807) is 12.1 Å². The zero-order valence-corrected chi connectivity index (χ0v) is 20.9. The first-order chi connectivity index (χ1) is 15.4. The van der Waals surface area contributed by atoms with Crippen molar-refractivity contribution >= 4 is 26.2 Å². The number of carbonyl (C=O) groups excluding carboxylic acids is 1. The van der Waals surface area contributed by atoms with Crippen LogP contribution >= 0.6 is 20.3 Å². The second-order valence-corrected chi connectivity index (χ2v) is 10.6. The van der Waals surface area contributed by atoms with Crippen LogP contribution in [0.15, 0.2) is 75.9 Å². The van der Waals surface area contributed by atoms with Gasteiger partial charge in [-0.15, -0.1) is 0 Å². The molecular weight excluding hydrogens is 438 g/mol. The largest absolute Gasteiger partial charge is 0.380 e. The molecule has 1 aliphatic rings. The number of likely N-dealkylation sites (tertiary alicyclic amines) is 1. The first-order valence-corrected chi connectivity index (χ1v) is 13.3. The maximum absolute atomic E-state index is 13.5. The predicted octanol–water partition coefficient (Wildman–Crippen LogP) is 5.96. The topological polar surface area (TPSA) is 32.3 Å². The van der Waals surface area contributed by atoms with Gasteiger partial charge in [0.25, 0.3) is 0 Å². The van der Waals surface area contributed by atoms with Crippen molar-refractivity contribution in [2.24, 2.45) is 5.92 Å². The number of allylic oxidation sites excluding steroid dienone is 1. The fourth-order valence-corrected chi connectivity index (χ4v) is 5.12. The highest BCUT2D eigenvalue weighted by Crippen LogP contribution is 2.30. The maximum atomic E-state index is 13.5. The second-order valence-electron chi connectivity index (χ2n) is 8.24. The van der Waals surface area contributed by atoms with E-state index < -0.39 is 0 Å². The number of halogens is 1. The van der Waals surface area contributed by atoms with Gasteiger partial charge in [-0.05, 0) is 61.4 Å². The Balaban J connectivity index is 1.55. The van der Waals surface area contributed by atoms with Crippen molar-refractivity contribution in [3.63, 3.8) is 0 Å². The molecule has 0 radical (unpaired) electrons. The Hall–Kier alpha value is -2.10. The number of benzene rings is 2. The Kier molecular flexibility index (Phi) is 8.95. The fraction of sp³-hybridized carbons (Fsp3) is 0.346. The van der Waals surface area contributed by atoms with E-state index in [2.05, 4.69) is 37.6 Å². The van der Waals surface area contributed by atoms with E-state index in [1.165, 1.54) is 28.7 Å². The predicted molar refractivity (Wildman–Crippen MR) is 136 cm³/mol.